The van der Waals surface area contributed by atoms with Crippen LogP contribution in [0.25, 0.3) is 10.8 Å². The van der Waals surface area contributed by atoms with Crippen molar-refractivity contribution in [3.05, 3.63) is 36.0 Å². The lowest BCUT2D eigenvalue weighted by Gasteiger charge is -2.06. The number of hydrazine groups is 1. The Kier molecular flexibility index (Phi) is 1.87. The molecule has 0 aliphatic rings. The van der Waals surface area contributed by atoms with Crippen LogP contribution >= 0.6 is 0 Å². The summed E-state index contributed by atoms with van der Waals surface area (Å²) in [5.41, 5.74) is 3.75. The first-order valence-electron chi connectivity index (χ1n) is 4.14. The van der Waals surface area contributed by atoms with Crippen LogP contribution in [0.15, 0.2) is 30.5 Å². The highest BCUT2D eigenvalue weighted by Crippen LogP contribution is 2.22. The van der Waals surface area contributed by atoms with Crippen molar-refractivity contribution < 1.29 is 0 Å². The number of fused-ring (bicyclic) bond motifs is 1. The van der Waals surface area contributed by atoms with Crippen LogP contribution in [0, 0.1) is 6.92 Å². The Bertz CT molecular complexity index is 437. The lowest BCUT2D eigenvalue weighted by atomic mass is 10.1. The first-order chi connectivity index (χ1) is 6.33. The van der Waals surface area contributed by atoms with Crippen LogP contribution < -0.4 is 11.3 Å². The van der Waals surface area contributed by atoms with Gasteiger partial charge in [0.05, 0.1) is 0 Å². The second-order valence-corrected chi connectivity index (χ2v) is 2.98. The van der Waals surface area contributed by atoms with E-state index in [4.69, 9.17) is 5.84 Å². The Morgan fingerprint density at radius 1 is 1.23 bits per heavy atom. The van der Waals surface area contributed by atoms with E-state index in [1.165, 1.54) is 5.39 Å². The van der Waals surface area contributed by atoms with Crippen molar-refractivity contribution in [1.82, 2.24) is 4.98 Å². The Morgan fingerprint density at radius 3 is 2.62 bits per heavy atom. The van der Waals surface area contributed by atoms with Crippen LogP contribution in [-0.2, 0) is 0 Å². The number of aryl methyl sites for hydroxylation is 1. The van der Waals surface area contributed by atoms with Crippen molar-refractivity contribution in [2.24, 2.45) is 5.84 Å². The number of nitrogens with two attached hydrogens (primary N) is 1. The molecule has 1 aromatic heterocycles. The highest BCUT2D eigenvalue weighted by molar-refractivity contribution is 5.93. The quantitative estimate of drug-likeness (QED) is 0.511. The predicted octanol–water partition coefficient (Wildman–Crippen LogP) is 1.83. The van der Waals surface area contributed by atoms with Gasteiger partial charge in [0.1, 0.15) is 5.82 Å². The maximum atomic E-state index is 5.35. The number of pyridine rings is 1. The maximum Gasteiger partial charge on any atom is 0.147 e. The lowest BCUT2D eigenvalue weighted by Crippen LogP contribution is -2.09. The second kappa shape index (κ2) is 3.03. The average molecular weight is 173 g/mol. The van der Waals surface area contributed by atoms with Crippen molar-refractivity contribution in [2.45, 2.75) is 6.92 Å². The third-order valence-corrected chi connectivity index (χ3v) is 2.13. The van der Waals surface area contributed by atoms with Gasteiger partial charge >= 0.3 is 0 Å². The summed E-state index contributed by atoms with van der Waals surface area (Å²) >= 11 is 0. The number of nitrogens with one attached hydrogen (secondary N) is 1. The van der Waals surface area contributed by atoms with E-state index in [9.17, 15) is 0 Å². The molecule has 0 radical (unpaired) electrons. The monoisotopic (exact) mass is 173 g/mol. The van der Waals surface area contributed by atoms with Crippen LogP contribution in [0.3, 0.4) is 0 Å². The number of nitrogens with zero attached hydrogens (tertiary/aromatic N) is 1. The number of rotatable bonds is 1. The van der Waals surface area contributed by atoms with Gasteiger partial charge in [-0.3, -0.25) is 0 Å². The van der Waals surface area contributed by atoms with E-state index in [0.717, 1.165) is 16.8 Å². The molecule has 0 atom stereocenters. The zero-order chi connectivity index (χ0) is 9.26. The topological polar surface area (TPSA) is 50.9 Å². The van der Waals surface area contributed by atoms with E-state index in [2.05, 4.69) is 16.5 Å². The van der Waals surface area contributed by atoms with Crippen molar-refractivity contribution in [3.8, 4) is 0 Å². The first-order valence-corrected chi connectivity index (χ1v) is 4.14. The van der Waals surface area contributed by atoms with E-state index in [1.807, 2.05) is 31.3 Å². The molecular weight excluding hydrogens is 162 g/mol. The summed E-state index contributed by atoms with van der Waals surface area (Å²) in [6.07, 6.45) is 1.82. The second-order valence-electron chi connectivity index (χ2n) is 2.98. The smallest absolute Gasteiger partial charge is 0.147 e. The summed E-state index contributed by atoms with van der Waals surface area (Å²) in [7, 11) is 0. The summed E-state index contributed by atoms with van der Waals surface area (Å²) < 4.78 is 0. The summed E-state index contributed by atoms with van der Waals surface area (Å²) in [4.78, 5) is 4.19. The Morgan fingerprint density at radius 2 is 1.92 bits per heavy atom. The number of anilines is 1. The molecule has 13 heavy (non-hydrogen) atoms. The van der Waals surface area contributed by atoms with E-state index >= 15 is 0 Å². The predicted molar refractivity (Wildman–Crippen MR) is 54.3 cm³/mol. The molecule has 0 saturated heterocycles. The molecule has 2 rings (SSSR count). The number of hydrogen-bond donors (Lipinski definition) is 2. The minimum atomic E-state index is 0.723. The largest absolute Gasteiger partial charge is 0.308 e. The number of nitrogen functional groups attached to an aromatic ring is 1. The standard InChI is InChI=1S/C10H11N3/c1-7-6-12-10(13-11)9-5-3-2-4-8(7)9/h2-6H,11H2,1H3,(H,12,13). The van der Waals surface area contributed by atoms with E-state index in [1.54, 1.807) is 0 Å². The van der Waals surface area contributed by atoms with Crippen LogP contribution in [0.2, 0.25) is 0 Å². The summed E-state index contributed by atoms with van der Waals surface area (Å²) in [5.74, 6) is 6.08. The van der Waals surface area contributed by atoms with Crippen LogP contribution in [0.4, 0.5) is 5.82 Å². The van der Waals surface area contributed by atoms with Gasteiger partial charge in [0.15, 0.2) is 0 Å². The molecule has 3 heteroatoms. The highest BCUT2D eigenvalue weighted by atomic mass is 15.2. The van der Waals surface area contributed by atoms with Crippen LogP contribution in [0.5, 0.6) is 0 Å². The Hall–Kier alpha value is -1.61. The summed E-state index contributed by atoms with van der Waals surface area (Å²) in [6, 6.07) is 8.05. The van der Waals surface area contributed by atoms with Crippen LogP contribution in [-0.4, -0.2) is 4.98 Å². The first kappa shape index (κ1) is 8.01. The minimum Gasteiger partial charge on any atom is -0.308 e. The third kappa shape index (κ3) is 1.23. The Balaban J connectivity index is 2.84. The molecule has 0 spiro atoms. The van der Waals surface area contributed by atoms with Crippen molar-refractivity contribution in [2.75, 3.05) is 5.43 Å². The molecule has 0 aliphatic carbocycles. The zero-order valence-electron chi connectivity index (χ0n) is 7.41. The van der Waals surface area contributed by atoms with Gasteiger partial charge in [0.25, 0.3) is 0 Å². The fourth-order valence-electron chi connectivity index (χ4n) is 1.45. The fourth-order valence-corrected chi connectivity index (χ4v) is 1.45. The molecule has 1 heterocycles. The van der Waals surface area contributed by atoms with E-state index in [-0.39, 0.29) is 0 Å². The molecule has 0 bridgehead atoms. The minimum absolute atomic E-state index is 0.723. The molecule has 2 aromatic rings. The summed E-state index contributed by atoms with van der Waals surface area (Å²) in [5, 5.41) is 2.25. The number of benzene rings is 1. The van der Waals surface area contributed by atoms with Crippen molar-refractivity contribution >= 4 is 16.6 Å². The molecule has 3 N–H and O–H groups in total. The highest BCUT2D eigenvalue weighted by Gasteiger charge is 2.01. The maximum absolute atomic E-state index is 5.35. The molecule has 0 unspecified atom stereocenters. The van der Waals surface area contributed by atoms with Gasteiger partial charge in [0.2, 0.25) is 0 Å². The molecule has 1 aromatic carbocycles. The normalized spacial score (nSPS) is 10.3. The third-order valence-electron chi connectivity index (χ3n) is 2.13. The molecule has 66 valence electrons. The van der Waals surface area contributed by atoms with Crippen molar-refractivity contribution in [1.29, 1.82) is 0 Å². The average Bonchev–Trinajstić information content (AvgIpc) is 2.19. The molecule has 0 amide bonds. The van der Waals surface area contributed by atoms with Crippen molar-refractivity contribution in [3.63, 3.8) is 0 Å². The number of aromatic nitrogens is 1. The van der Waals surface area contributed by atoms with Gasteiger partial charge in [-0.2, -0.15) is 0 Å². The van der Waals surface area contributed by atoms with Gasteiger partial charge in [0, 0.05) is 11.6 Å². The zero-order valence-corrected chi connectivity index (χ0v) is 7.41. The molecule has 0 saturated carbocycles. The molecular formula is C10H11N3. The van der Waals surface area contributed by atoms with Crippen LogP contribution in [0.1, 0.15) is 5.56 Å². The summed E-state index contributed by atoms with van der Waals surface area (Å²) in [6.45, 7) is 2.04. The van der Waals surface area contributed by atoms with Gasteiger partial charge in [-0.1, -0.05) is 24.3 Å². The van der Waals surface area contributed by atoms with E-state index < -0.39 is 0 Å². The fraction of sp³-hybridized carbons (Fsp3) is 0.100. The SMILES string of the molecule is Cc1cnc(NN)c2ccccc12. The van der Waals surface area contributed by atoms with Gasteiger partial charge < -0.3 is 5.43 Å². The Labute approximate surface area is 76.6 Å². The lowest BCUT2D eigenvalue weighted by molar-refractivity contribution is 1.23. The van der Waals surface area contributed by atoms with E-state index in [0.29, 0.717) is 0 Å². The molecule has 0 fully saturated rings. The number of hydrogen-bond acceptors (Lipinski definition) is 3. The molecule has 0 aliphatic heterocycles. The van der Waals surface area contributed by atoms with Gasteiger partial charge in [-0.15, -0.1) is 0 Å². The van der Waals surface area contributed by atoms with Gasteiger partial charge in [-0.25, -0.2) is 10.8 Å². The van der Waals surface area contributed by atoms with Gasteiger partial charge in [-0.05, 0) is 17.9 Å². The molecule has 3 nitrogen and oxygen atoms in total.